The van der Waals surface area contributed by atoms with Gasteiger partial charge in [-0.2, -0.15) is 0 Å². The first kappa shape index (κ1) is 19.6. The van der Waals surface area contributed by atoms with E-state index in [0.29, 0.717) is 22.6 Å². The van der Waals surface area contributed by atoms with Crippen molar-refractivity contribution < 1.29 is 22.7 Å². The number of carbonyl (C=O) groups excluding carboxylic acids is 2. The lowest BCUT2D eigenvalue weighted by Gasteiger charge is -2.10. The Kier molecular flexibility index (Phi) is 6.12. The van der Waals surface area contributed by atoms with Crippen molar-refractivity contribution in [3.05, 3.63) is 53.6 Å². The summed E-state index contributed by atoms with van der Waals surface area (Å²) < 4.78 is 31.9. The number of methoxy groups -OCH3 is 1. The molecule has 0 radical (unpaired) electrons. The fraction of sp³-hybridized carbons (Fsp3) is 0.222. The average Bonchev–Trinajstić information content (AvgIpc) is 2.60. The number of rotatable bonds is 7. The SMILES string of the molecule is COc1ccc(S(=O)(=O)NCC(=O)Nc2ccc(C(C)=O)cc2)cc1C. The maximum absolute atomic E-state index is 12.3. The minimum absolute atomic E-state index is 0.0504. The van der Waals surface area contributed by atoms with Crippen molar-refractivity contribution in [2.24, 2.45) is 0 Å². The summed E-state index contributed by atoms with van der Waals surface area (Å²) in [5.41, 5.74) is 1.67. The first-order chi connectivity index (χ1) is 12.2. The van der Waals surface area contributed by atoms with Crippen LogP contribution in [-0.2, 0) is 14.8 Å². The molecule has 2 rings (SSSR count). The lowest BCUT2D eigenvalue weighted by atomic mass is 10.1. The monoisotopic (exact) mass is 376 g/mol. The minimum Gasteiger partial charge on any atom is -0.496 e. The number of Topliss-reactive ketones (excluding diaryl/α,β-unsaturated/α-hetero) is 1. The van der Waals surface area contributed by atoms with Gasteiger partial charge in [0.2, 0.25) is 15.9 Å². The summed E-state index contributed by atoms with van der Waals surface area (Å²) in [6.45, 7) is 2.76. The van der Waals surface area contributed by atoms with E-state index >= 15 is 0 Å². The summed E-state index contributed by atoms with van der Waals surface area (Å²) in [6.07, 6.45) is 0. The second-order valence-electron chi connectivity index (χ2n) is 5.64. The molecular weight excluding hydrogens is 356 g/mol. The van der Waals surface area contributed by atoms with Crippen molar-refractivity contribution in [1.29, 1.82) is 0 Å². The van der Waals surface area contributed by atoms with Crippen molar-refractivity contribution in [3.8, 4) is 5.75 Å². The van der Waals surface area contributed by atoms with E-state index < -0.39 is 22.5 Å². The molecular formula is C18H20N2O5S. The van der Waals surface area contributed by atoms with Crippen molar-refractivity contribution in [1.82, 2.24) is 4.72 Å². The van der Waals surface area contributed by atoms with E-state index in [-0.39, 0.29) is 10.7 Å². The van der Waals surface area contributed by atoms with Crippen LogP contribution in [0.15, 0.2) is 47.4 Å². The van der Waals surface area contributed by atoms with Crippen LogP contribution >= 0.6 is 0 Å². The Hall–Kier alpha value is -2.71. The van der Waals surface area contributed by atoms with E-state index in [4.69, 9.17) is 4.74 Å². The Labute approximate surface area is 152 Å². The smallest absolute Gasteiger partial charge is 0.241 e. The third-order valence-electron chi connectivity index (χ3n) is 3.67. The predicted molar refractivity (Wildman–Crippen MR) is 98.0 cm³/mol. The Morgan fingerprint density at radius 2 is 1.73 bits per heavy atom. The van der Waals surface area contributed by atoms with Crippen LogP contribution in [0.4, 0.5) is 5.69 Å². The molecule has 0 aliphatic carbocycles. The maximum atomic E-state index is 12.3. The summed E-state index contributed by atoms with van der Waals surface area (Å²) in [5.74, 6) is -0.0180. The predicted octanol–water partition coefficient (Wildman–Crippen LogP) is 2.12. The largest absolute Gasteiger partial charge is 0.496 e. The zero-order chi connectivity index (χ0) is 19.3. The van der Waals surface area contributed by atoms with Crippen LogP contribution in [0.1, 0.15) is 22.8 Å². The van der Waals surface area contributed by atoms with Gasteiger partial charge < -0.3 is 10.1 Å². The van der Waals surface area contributed by atoms with Gasteiger partial charge >= 0.3 is 0 Å². The van der Waals surface area contributed by atoms with Crippen LogP contribution in [0.3, 0.4) is 0 Å². The number of ether oxygens (including phenoxy) is 1. The molecule has 0 heterocycles. The van der Waals surface area contributed by atoms with Gasteiger partial charge in [0.15, 0.2) is 5.78 Å². The molecule has 0 aromatic heterocycles. The van der Waals surface area contributed by atoms with E-state index in [1.54, 1.807) is 37.3 Å². The van der Waals surface area contributed by atoms with Crippen molar-refractivity contribution in [3.63, 3.8) is 0 Å². The van der Waals surface area contributed by atoms with Crippen LogP contribution in [0.5, 0.6) is 5.75 Å². The van der Waals surface area contributed by atoms with E-state index in [2.05, 4.69) is 10.0 Å². The summed E-state index contributed by atoms with van der Waals surface area (Å²) in [5, 5.41) is 2.56. The molecule has 0 unspecified atom stereocenters. The minimum atomic E-state index is -3.82. The summed E-state index contributed by atoms with van der Waals surface area (Å²) >= 11 is 0. The Morgan fingerprint density at radius 1 is 1.08 bits per heavy atom. The number of benzene rings is 2. The first-order valence-corrected chi connectivity index (χ1v) is 9.26. The zero-order valence-electron chi connectivity index (χ0n) is 14.7. The lowest BCUT2D eigenvalue weighted by Crippen LogP contribution is -2.32. The van der Waals surface area contributed by atoms with Crippen LogP contribution in [0.2, 0.25) is 0 Å². The molecule has 0 fully saturated rings. The second kappa shape index (κ2) is 8.11. The Balaban J connectivity index is 1.99. The molecule has 1 amide bonds. The summed E-state index contributed by atoms with van der Waals surface area (Å²) in [4.78, 5) is 23.2. The van der Waals surface area contributed by atoms with Gasteiger partial charge in [-0.15, -0.1) is 0 Å². The fourth-order valence-electron chi connectivity index (χ4n) is 2.26. The number of nitrogens with one attached hydrogen (secondary N) is 2. The summed E-state index contributed by atoms with van der Waals surface area (Å²) in [6, 6.07) is 10.8. The number of hydrogen-bond donors (Lipinski definition) is 2. The van der Waals surface area contributed by atoms with E-state index in [1.807, 2.05) is 0 Å². The molecule has 0 aliphatic heterocycles. The van der Waals surface area contributed by atoms with E-state index in [0.717, 1.165) is 0 Å². The molecule has 0 saturated heterocycles. The molecule has 0 bridgehead atoms. The van der Waals surface area contributed by atoms with Gasteiger partial charge in [0.05, 0.1) is 18.6 Å². The van der Waals surface area contributed by atoms with Crippen molar-refractivity contribution in [2.45, 2.75) is 18.7 Å². The number of anilines is 1. The quantitative estimate of drug-likeness (QED) is 0.721. The molecule has 138 valence electrons. The van der Waals surface area contributed by atoms with Crippen LogP contribution in [0, 0.1) is 6.92 Å². The van der Waals surface area contributed by atoms with Crippen molar-refractivity contribution >= 4 is 27.4 Å². The van der Waals surface area contributed by atoms with E-state index in [1.165, 1.54) is 26.2 Å². The first-order valence-electron chi connectivity index (χ1n) is 7.78. The third-order valence-corrected chi connectivity index (χ3v) is 5.07. The van der Waals surface area contributed by atoms with Gasteiger partial charge in [-0.3, -0.25) is 9.59 Å². The second-order valence-corrected chi connectivity index (χ2v) is 7.40. The number of hydrogen-bond acceptors (Lipinski definition) is 5. The highest BCUT2D eigenvalue weighted by Gasteiger charge is 2.17. The number of amides is 1. The Morgan fingerprint density at radius 3 is 2.27 bits per heavy atom. The molecule has 2 N–H and O–H groups in total. The van der Waals surface area contributed by atoms with Gasteiger partial charge in [-0.1, -0.05) is 0 Å². The highest BCUT2D eigenvalue weighted by Crippen LogP contribution is 2.21. The molecule has 7 nitrogen and oxygen atoms in total. The molecule has 0 aliphatic rings. The molecule has 0 atom stereocenters. The standard InChI is InChI=1S/C18H20N2O5S/c1-12-10-16(8-9-17(12)25-3)26(23,24)19-11-18(22)20-15-6-4-14(5-7-15)13(2)21/h4-10,19H,11H2,1-3H3,(H,20,22). The third kappa shape index (κ3) is 4.90. The number of aryl methyl sites for hydroxylation is 1. The van der Waals surface area contributed by atoms with Crippen LogP contribution < -0.4 is 14.8 Å². The molecule has 0 saturated carbocycles. The molecule has 2 aromatic rings. The number of carbonyl (C=O) groups is 2. The zero-order valence-corrected chi connectivity index (χ0v) is 15.5. The lowest BCUT2D eigenvalue weighted by molar-refractivity contribution is -0.115. The van der Waals surface area contributed by atoms with Gasteiger partial charge in [0.1, 0.15) is 5.75 Å². The van der Waals surface area contributed by atoms with E-state index in [9.17, 15) is 18.0 Å². The molecule has 2 aromatic carbocycles. The average molecular weight is 376 g/mol. The number of ketones is 1. The van der Waals surface area contributed by atoms with Gasteiger partial charge in [0, 0.05) is 11.3 Å². The van der Waals surface area contributed by atoms with Gasteiger partial charge in [0.25, 0.3) is 0 Å². The molecule has 26 heavy (non-hydrogen) atoms. The highest BCUT2D eigenvalue weighted by atomic mass is 32.2. The summed E-state index contributed by atoms with van der Waals surface area (Å²) in [7, 11) is -2.32. The normalized spacial score (nSPS) is 11.0. The van der Waals surface area contributed by atoms with Crippen LogP contribution in [-0.4, -0.2) is 33.8 Å². The highest BCUT2D eigenvalue weighted by molar-refractivity contribution is 7.89. The Bertz CT molecular complexity index is 921. The molecule has 8 heteroatoms. The van der Waals surface area contributed by atoms with Crippen LogP contribution in [0.25, 0.3) is 0 Å². The van der Waals surface area contributed by atoms with Crippen molar-refractivity contribution in [2.75, 3.05) is 19.0 Å². The molecule has 0 spiro atoms. The van der Waals surface area contributed by atoms with Gasteiger partial charge in [-0.05, 0) is 61.9 Å². The topological polar surface area (TPSA) is 102 Å². The van der Waals surface area contributed by atoms with Gasteiger partial charge in [-0.25, -0.2) is 13.1 Å². The number of sulfonamides is 1. The fourth-order valence-corrected chi connectivity index (χ4v) is 3.32. The maximum Gasteiger partial charge on any atom is 0.241 e.